The number of likely N-dealkylation sites (tertiary alicyclic amines) is 1. The van der Waals surface area contributed by atoms with Gasteiger partial charge >= 0.3 is 5.97 Å². The number of nitrogens with zero attached hydrogens (tertiary/aromatic N) is 3. The Balaban J connectivity index is 1.28. The Morgan fingerprint density at radius 1 is 0.912 bits per heavy atom. The lowest BCUT2D eigenvalue weighted by atomic mass is 9.99. The van der Waals surface area contributed by atoms with Crippen molar-refractivity contribution in [2.45, 2.75) is 13.0 Å². The zero-order valence-electron chi connectivity index (χ0n) is 18.9. The summed E-state index contributed by atoms with van der Waals surface area (Å²) in [5, 5.41) is 11.2. The third-order valence-electron chi connectivity index (χ3n) is 6.18. The highest BCUT2D eigenvalue weighted by Gasteiger charge is 2.32. The van der Waals surface area contributed by atoms with Gasteiger partial charge in [0, 0.05) is 37.2 Å². The van der Waals surface area contributed by atoms with Crippen molar-refractivity contribution in [3.8, 4) is 16.9 Å². The van der Waals surface area contributed by atoms with Crippen LogP contribution < -0.4 is 4.80 Å². The van der Waals surface area contributed by atoms with Crippen LogP contribution in [0.4, 0.5) is 0 Å². The number of carbonyl (C=O) groups is 1. The van der Waals surface area contributed by atoms with Crippen LogP contribution in [0.2, 0.25) is 0 Å². The van der Waals surface area contributed by atoms with Crippen LogP contribution >= 0.6 is 11.3 Å². The Morgan fingerprint density at radius 3 is 2.24 bits per heavy atom. The summed E-state index contributed by atoms with van der Waals surface area (Å²) < 4.78 is 2.24. The van der Waals surface area contributed by atoms with Crippen molar-refractivity contribution in [1.29, 1.82) is 0 Å². The molecule has 0 atom stereocenters. The first-order chi connectivity index (χ1) is 16.7. The van der Waals surface area contributed by atoms with Gasteiger partial charge in [0.05, 0.1) is 11.6 Å². The number of para-hydroxylation sites is 1. The molecule has 4 aromatic rings. The largest absolute Gasteiger partial charge is 0.481 e. The average molecular weight is 470 g/mol. The summed E-state index contributed by atoms with van der Waals surface area (Å²) in [5.74, 6) is -0.898. The molecule has 1 aliphatic heterocycles. The second-order valence-corrected chi connectivity index (χ2v) is 9.45. The molecule has 5 rings (SSSR count). The van der Waals surface area contributed by atoms with E-state index < -0.39 is 5.97 Å². The molecule has 1 N–H and O–H groups in total. The second-order valence-electron chi connectivity index (χ2n) is 8.62. The fraction of sp³-hybridized carbons (Fsp3) is 0.214. The fourth-order valence-electron chi connectivity index (χ4n) is 4.26. The van der Waals surface area contributed by atoms with Gasteiger partial charge in [-0.15, -0.1) is 11.3 Å². The maximum absolute atomic E-state index is 11.0. The minimum absolute atomic E-state index is 0.209. The SMILES string of the molecule is O=C(O)C1CN(Cc2ccc(CCN=c3scc(-c4ccccc4)n3-c3ccccc3)cc2)C1. The number of rotatable bonds is 8. The van der Waals surface area contributed by atoms with Gasteiger partial charge in [-0.25, -0.2) is 0 Å². The maximum Gasteiger partial charge on any atom is 0.309 e. The van der Waals surface area contributed by atoms with Gasteiger partial charge in [-0.2, -0.15) is 0 Å². The number of hydrogen-bond donors (Lipinski definition) is 1. The summed E-state index contributed by atoms with van der Waals surface area (Å²) in [5.41, 5.74) is 5.91. The Kier molecular flexibility index (Phi) is 6.70. The minimum Gasteiger partial charge on any atom is -0.481 e. The highest BCUT2D eigenvalue weighted by Crippen LogP contribution is 2.23. The van der Waals surface area contributed by atoms with E-state index in [9.17, 15) is 4.79 Å². The maximum atomic E-state index is 11.0. The number of hydrogen-bond acceptors (Lipinski definition) is 4. The lowest BCUT2D eigenvalue weighted by Gasteiger charge is -2.36. The summed E-state index contributed by atoms with van der Waals surface area (Å²) in [6.45, 7) is 2.81. The van der Waals surface area contributed by atoms with Gasteiger partial charge in [0.1, 0.15) is 0 Å². The molecular formula is C28H27N3O2S. The number of carboxylic acid groups (broad SMARTS) is 1. The molecule has 1 saturated heterocycles. The Morgan fingerprint density at radius 2 is 1.56 bits per heavy atom. The molecule has 3 aromatic carbocycles. The molecule has 1 aromatic heterocycles. The van der Waals surface area contributed by atoms with Crippen molar-refractivity contribution in [2.75, 3.05) is 19.6 Å². The van der Waals surface area contributed by atoms with Gasteiger partial charge in [0.15, 0.2) is 4.80 Å². The molecule has 1 aliphatic rings. The number of carboxylic acids is 1. The average Bonchev–Trinajstić information content (AvgIpc) is 3.27. The molecule has 0 unspecified atom stereocenters. The van der Waals surface area contributed by atoms with Crippen molar-refractivity contribution in [3.63, 3.8) is 0 Å². The predicted molar refractivity (Wildman–Crippen MR) is 136 cm³/mol. The molecule has 1 fully saturated rings. The van der Waals surface area contributed by atoms with Crippen molar-refractivity contribution in [1.82, 2.24) is 9.47 Å². The lowest BCUT2D eigenvalue weighted by molar-refractivity contribution is -0.147. The number of aromatic nitrogens is 1. The third-order valence-corrected chi connectivity index (χ3v) is 7.04. The molecule has 2 heterocycles. The van der Waals surface area contributed by atoms with E-state index in [2.05, 4.69) is 87.6 Å². The van der Waals surface area contributed by atoms with E-state index in [0.29, 0.717) is 19.6 Å². The van der Waals surface area contributed by atoms with E-state index in [0.717, 1.165) is 29.1 Å². The van der Waals surface area contributed by atoms with E-state index >= 15 is 0 Å². The highest BCUT2D eigenvalue weighted by molar-refractivity contribution is 7.07. The minimum atomic E-state index is -0.689. The number of aliphatic carboxylic acids is 1. The topological polar surface area (TPSA) is 57.8 Å². The molecule has 0 radical (unpaired) electrons. The quantitative estimate of drug-likeness (QED) is 0.401. The van der Waals surface area contributed by atoms with E-state index in [1.165, 1.54) is 16.7 Å². The predicted octanol–water partition coefficient (Wildman–Crippen LogP) is 4.87. The van der Waals surface area contributed by atoms with E-state index in [4.69, 9.17) is 10.1 Å². The molecule has 5 nitrogen and oxygen atoms in total. The first-order valence-corrected chi connectivity index (χ1v) is 12.4. The Bertz CT molecular complexity index is 1310. The summed E-state index contributed by atoms with van der Waals surface area (Å²) >= 11 is 1.67. The van der Waals surface area contributed by atoms with Gasteiger partial charge in [-0.3, -0.25) is 19.3 Å². The first-order valence-electron chi connectivity index (χ1n) is 11.5. The molecule has 172 valence electrons. The molecule has 6 heteroatoms. The second kappa shape index (κ2) is 10.2. The van der Waals surface area contributed by atoms with Crippen molar-refractivity contribution < 1.29 is 9.90 Å². The summed E-state index contributed by atoms with van der Waals surface area (Å²) in [6.07, 6.45) is 0.873. The zero-order valence-corrected chi connectivity index (χ0v) is 19.7. The van der Waals surface area contributed by atoms with Crippen LogP contribution in [0.3, 0.4) is 0 Å². The van der Waals surface area contributed by atoms with Crippen molar-refractivity contribution in [2.24, 2.45) is 10.9 Å². The van der Waals surface area contributed by atoms with Gasteiger partial charge in [0.25, 0.3) is 0 Å². The first kappa shape index (κ1) is 22.3. The highest BCUT2D eigenvalue weighted by atomic mass is 32.1. The van der Waals surface area contributed by atoms with Crippen LogP contribution in [0.5, 0.6) is 0 Å². The third kappa shape index (κ3) is 5.03. The molecule has 34 heavy (non-hydrogen) atoms. The summed E-state index contributed by atoms with van der Waals surface area (Å²) in [4.78, 5) is 19.1. The molecule has 0 amide bonds. The Hall–Kier alpha value is -3.48. The van der Waals surface area contributed by atoms with Gasteiger partial charge in [0.2, 0.25) is 0 Å². The molecule has 0 aliphatic carbocycles. The summed E-state index contributed by atoms with van der Waals surface area (Å²) in [7, 11) is 0. The van der Waals surface area contributed by atoms with E-state index in [1.807, 2.05) is 12.1 Å². The van der Waals surface area contributed by atoms with E-state index in [1.54, 1.807) is 11.3 Å². The van der Waals surface area contributed by atoms with Crippen molar-refractivity contribution >= 4 is 17.3 Å². The smallest absolute Gasteiger partial charge is 0.309 e. The molecule has 0 spiro atoms. The van der Waals surface area contributed by atoms with Crippen LogP contribution in [0.25, 0.3) is 16.9 Å². The van der Waals surface area contributed by atoms with Gasteiger partial charge in [-0.05, 0) is 35.2 Å². The lowest BCUT2D eigenvalue weighted by Crippen LogP contribution is -2.49. The Labute approximate surface area is 203 Å². The van der Waals surface area contributed by atoms with Crippen LogP contribution in [0.15, 0.2) is 95.3 Å². The van der Waals surface area contributed by atoms with Gasteiger partial charge < -0.3 is 5.11 Å². The zero-order chi connectivity index (χ0) is 23.3. The molecule has 0 bridgehead atoms. The molecular weight excluding hydrogens is 442 g/mol. The summed E-state index contributed by atoms with van der Waals surface area (Å²) in [6, 6.07) is 29.4. The number of thiazole rings is 1. The van der Waals surface area contributed by atoms with Crippen LogP contribution in [-0.4, -0.2) is 40.2 Å². The van der Waals surface area contributed by atoms with Crippen LogP contribution in [-0.2, 0) is 17.8 Å². The fourth-order valence-corrected chi connectivity index (χ4v) is 5.20. The van der Waals surface area contributed by atoms with Crippen molar-refractivity contribution in [3.05, 3.63) is 106 Å². The normalized spacial score (nSPS) is 14.8. The van der Waals surface area contributed by atoms with E-state index in [-0.39, 0.29) is 5.92 Å². The number of benzene rings is 3. The van der Waals surface area contributed by atoms with Crippen LogP contribution in [0, 0.1) is 5.92 Å². The standard InChI is InChI=1S/C28H27N3O2S/c32-27(33)24-18-30(19-24)17-22-13-11-21(12-14-22)15-16-29-28-31(25-9-5-2-6-10-25)26(20-34-28)23-7-3-1-4-8-23/h1-14,20,24H,15-19H2,(H,32,33). The monoisotopic (exact) mass is 469 g/mol. The van der Waals surface area contributed by atoms with Gasteiger partial charge in [-0.1, -0.05) is 72.8 Å². The molecule has 0 saturated carbocycles. The van der Waals surface area contributed by atoms with Crippen LogP contribution in [0.1, 0.15) is 11.1 Å².